The van der Waals surface area contributed by atoms with Gasteiger partial charge < -0.3 is 124 Å². The van der Waals surface area contributed by atoms with Crippen LogP contribution >= 0.6 is 0 Å². The molecular weight excluding hydrogens is 1390 g/mol. The number of aromatic nitrogens is 16. The Morgan fingerprint density at radius 2 is 0.662 bits per heavy atom. The van der Waals surface area contributed by atoms with Crippen LogP contribution in [0.15, 0.2) is 223 Å². The van der Waals surface area contributed by atoms with Gasteiger partial charge in [-0.15, -0.1) is 0 Å². The third-order valence-electron chi connectivity index (χ3n) is 11.6. The second-order valence-electron chi connectivity index (χ2n) is 16.6. The van der Waals surface area contributed by atoms with E-state index >= 15 is 0 Å². The fourth-order valence-corrected chi connectivity index (χ4v) is 8.15. The fourth-order valence-electron chi connectivity index (χ4n) is 8.15. The molecule has 0 spiro atoms. The van der Waals surface area contributed by atoms with Crippen LogP contribution in [0.2, 0.25) is 0 Å². The van der Waals surface area contributed by atoms with Crippen molar-refractivity contribution in [2.75, 3.05) is 0 Å². The Kier molecular flexibility index (Phi) is 18.1. The summed E-state index contributed by atoms with van der Waals surface area (Å²) in [6.45, 7) is 0. The standard InChI is InChI=1S/C28H30N8O.C24H18N8O.4HI/c1-29-8-12-33(19-29)23-6-5-7-24(16-23)37-28-18-26(35-14-10-31(3)21-35)25(34-13-9-30(2)20-34)17-27(28)36-15-11-32(4)22-36;1-2-19(29-8-4-25-15-29)12-20(3-1)33-24-14-22(31-10-6-27-17-31)21(30-9-5-26-16-30)13-23(24)32-11-7-28-18-32;;;;/h5-22H,1-4H3;1-18H;4*1H/q+4;;;;;/p-4. The maximum Gasteiger partial charge on any atom is 0.248 e. The lowest BCUT2D eigenvalue weighted by atomic mass is 10.2. The van der Waals surface area contributed by atoms with Crippen molar-refractivity contribution in [3.05, 3.63) is 223 Å². The Balaban J connectivity index is 0.000000206. The highest BCUT2D eigenvalue weighted by Crippen LogP contribution is 2.37. The SMILES string of the molecule is C[n+]1ccn(-c2cccc(Oc3cc(-n4cc[n+](C)c4)c(-n4cc[n+](C)c4)cc3-n3cc[n+](C)c3)c2)c1.[I-].[I-].[I-].[I-].c1cc(Oc2cc(-n3ccnc3)c(-n3ccnc3)cc2-n2ccnc2)cc(-n2ccnc2)c1. The molecule has 22 heteroatoms. The Morgan fingerprint density at radius 1 is 0.338 bits per heavy atom. The molecule has 0 unspecified atom stereocenters. The monoisotopic (exact) mass is 1440 g/mol. The molecule has 74 heavy (non-hydrogen) atoms. The number of nitrogens with zero attached hydrogens (tertiary/aromatic N) is 16. The van der Waals surface area contributed by atoms with Crippen molar-refractivity contribution in [3.8, 4) is 68.5 Å². The number of halogens is 4. The number of ether oxygens (including phenoxy) is 2. The van der Waals surface area contributed by atoms with Crippen LogP contribution in [-0.4, -0.2) is 56.5 Å². The highest BCUT2D eigenvalue weighted by molar-refractivity contribution is 5.66. The number of hydrogen-bond donors (Lipinski definition) is 0. The van der Waals surface area contributed by atoms with E-state index in [1.54, 1.807) is 50.1 Å². The lowest BCUT2D eigenvalue weighted by Crippen LogP contribution is -3.00. The quantitative estimate of drug-likeness (QED) is 0.0889. The van der Waals surface area contributed by atoms with E-state index in [0.717, 1.165) is 57.0 Å². The van der Waals surface area contributed by atoms with E-state index < -0.39 is 0 Å². The van der Waals surface area contributed by atoms with E-state index in [1.165, 1.54) is 0 Å². The molecule has 8 aromatic heterocycles. The van der Waals surface area contributed by atoms with E-state index in [9.17, 15) is 0 Å². The van der Waals surface area contributed by atoms with Crippen molar-refractivity contribution in [3.63, 3.8) is 0 Å². The topological polar surface area (TPSA) is 125 Å². The minimum atomic E-state index is 0. The first-order chi connectivity index (χ1) is 34.3. The van der Waals surface area contributed by atoms with E-state index in [-0.39, 0.29) is 95.9 Å². The molecule has 4 aromatic carbocycles. The molecule has 12 aromatic rings. The Bertz CT molecular complexity index is 3690. The van der Waals surface area contributed by atoms with Gasteiger partial charge in [-0.05, 0) is 30.3 Å². The van der Waals surface area contributed by atoms with Gasteiger partial charge >= 0.3 is 0 Å². The van der Waals surface area contributed by atoms with Gasteiger partial charge in [-0.1, -0.05) is 12.1 Å². The first-order valence-corrected chi connectivity index (χ1v) is 22.3. The summed E-state index contributed by atoms with van der Waals surface area (Å²) in [6.07, 6.45) is 46.0. The average molecular weight is 1440 g/mol. The zero-order chi connectivity index (χ0) is 47.6. The molecule has 0 aliphatic heterocycles. The van der Waals surface area contributed by atoms with Crippen LogP contribution in [0.1, 0.15) is 0 Å². The summed E-state index contributed by atoms with van der Waals surface area (Å²) in [4.78, 5) is 16.8. The molecule has 376 valence electrons. The van der Waals surface area contributed by atoms with Crippen LogP contribution in [0.3, 0.4) is 0 Å². The molecule has 0 saturated carbocycles. The van der Waals surface area contributed by atoms with Gasteiger partial charge in [0.25, 0.3) is 0 Å². The Hall–Kier alpha value is -6.92. The number of benzene rings is 4. The zero-order valence-electron chi connectivity index (χ0n) is 40.3. The van der Waals surface area contributed by atoms with Gasteiger partial charge in [0.2, 0.25) is 25.3 Å². The molecule has 0 amide bonds. The Morgan fingerprint density at radius 3 is 1.05 bits per heavy atom. The average Bonchev–Trinajstić information content (AvgIpc) is 4.22. The van der Waals surface area contributed by atoms with Gasteiger partial charge in [0, 0.05) is 79.9 Å². The first kappa shape index (κ1) is 54.8. The normalized spacial score (nSPS) is 10.5. The maximum atomic E-state index is 6.62. The molecule has 0 radical (unpaired) electrons. The second kappa shape index (κ2) is 24.4. The van der Waals surface area contributed by atoms with E-state index in [4.69, 9.17) is 9.47 Å². The summed E-state index contributed by atoms with van der Waals surface area (Å²) in [5.41, 5.74) is 7.62. The van der Waals surface area contributed by atoms with Crippen LogP contribution in [0.5, 0.6) is 23.0 Å². The van der Waals surface area contributed by atoms with E-state index in [0.29, 0.717) is 11.5 Å². The third kappa shape index (κ3) is 12.0. The molecule has 0 saturated heterocycles. The van der Waals surface area contributed by atoms with Crippen LogP contribution in [0.4, 0.5) is 0 Å². The summed E-state index contributed by atoms with van der Waals surface area (Å²) in [5.74, 6) is 2.88. The van der Waals surface area contributed by atoms with E-state index in [1.807, 2.05) is 200 Å². The lowest BCUT2D eigenvalue weighted by molar-refractivity contribution is -0.670. The molecule has 0 atom stereocenters. The zero-order valence-corrected chi connectivity index (χ0v) is 48.9. The maximum absolute atomic E-state index is 6.62. The van der Waals surface area contributed by atoms with Gasteiger partial charge in [-0.2, -0.15) is 13.7 Å². The van der Waals surface area contributed by atoms with Gasteiger partial charge in [-0.25, -0.2) is 42.8 Å². The van der Waals surface area contributed by atoms with Gasteiger partial charge in [-0.3, -0.25) is 0 Å². The highest BCUT2D eigenvalue weighted by atomic mass is 127. The molecule has 0 aliphatic rings. The van der Waals surface area contributed by atoms with Crippen molar-refractivity contribution < 1.29 is 124 Å². The predicted molar refractivity (Wildman–Crippen MR) is 256 cm³/mol. The highest BCUT2D eigenvalue weighted by Gasteiger charge is 2.25. The smallest absolute Gasteiger partial charge is 0.248 e. The summed E-state index contributed by atoms with van der Waals surface area (Å²) in [7, 11) is 8.06. The molecule has 0 N–H and O–H groups in total. The van der Waals surface area contributed by atoms with Crippen molar-refractivity contribution >= 4 is 0 Å². The number of aryl methyl sites for hydroxylation is 4. The second-order valence-corrected chi connectivity index (χ2v) is 16.6. The van der Waals surface area contributed by atoms with Crippen molar-refractivity contribution in [1.82, 2.24) is 56.5 Å². The largest absolute Gasteiger partial charge is 1.00 e. The van der Waals surface area contributed by atoms with E-state index in [2.05, 4.69) is 75.0 Å². The lowest BCUT2D eigenvalue weighted by Gasteiger charge is -2.18. The van der Waals surface area contributed by atoms with Gasteiger partial charge in [0.05, 0.1) is 76.2 Å². The van der Waals surface area contributed by atoms with Crippen molar-refractivity contribution in [2.24, 2.45) is 28.2 Å². The number of rotatable bonds is 12. The van der Waals surface area contributed by atoms with Crippen LogP contribution in [0, 0.1) is 0 Å². The number of hydrogen-bond acceptors (Lipinski definition) is 6. The minimum absolute atomic E-state index is 0. The Labute approximate surface area is 494 Å². The molecule has 0 bridgehead atoms. The molecular formula is C52H48I4N16O2. The van der Waals surface area contributed by atoms with Gasteiger partial charge in [0.1, 0.15) is 66.8 Å². The third-order valence-corrected chi connectivity index (χ3v) is 11.6. The summed E-state index contributed by atoms with van der Waals surface area (Å²) < 4.78 is 37.3. The molecule has 0 aliphatic carbocycles. The predicted octanol–water partition coefficient (Wildman–Crippen LogP) is -5.82. The van der Waals surface area contributed by atoms with Crippen molar-refractivity contribution in [1.29, 1.82) is 0 Å². The fraction of sp³-hybridized carbons (Fsp3) is 0.0769. The molecule has 12 rings (SSSR count). The molecule has 0 fully saturated rings. The molecule has 18 nitrogen and oxygen atoms in total. The van der Waals surface area contributed by atoms with Crippen LogP contribution in [-0.2, 0) is 28.2 Å². The summed E-state index contributed by atoms with van der Waals surface area (Å²) >= 11 is 0. The minimum Gasteiger partial charge on any atom is -1.00 e. The molecule has 8 heterocycles. The van der Waals surface area contributed by atoms with Gasteiger partial charge in [0.15, 0.2) is 28.6 Å². The van der Waals surface area contributed by atoms with Crippen molar-refractivity contribution in [2.45, 2.75) is 0 Å². The number of imidazole rings is 8. The van der Waals surface area contributed by atoms with Crippen LogP contribution < -0.4 is 124 Å². The summed E-state index contributed by atoms with van der Waals surface area (Å²) in [6, 6.07) is 24.3. The summed E-state index contributed by atoms with van der Waals surface area (Å²) in [5, 5.41) is 0. The first-order valence-electron chi connectivity index (χ1n) is 22.3. The van der Waals surface area contributed by atoms with Crippen LogP contribution in [0.25, 0.3) is 45.5 Å².